The molecule has 0 saturated carbocycles. The number of pyridine rings is 1. The number of para-hydroxylation sites is 2. The van der Waals surface area contributed by atoms with E-state index >= 15 is 0 Å². The Hall–Kier alpha value is -4.49. The number of likely N-dealkylation sites (tertiary alicyclic amines) is 1. The van der Waals surface area contributed by atoms with Crippen molar-refractivity contribution in [2.75, 3.05) is 13.1 Å². The van der Waals surface area contributed by atoms with Crippen molar-refractivity contribution in [3.05, 3.63) is 102 Å². The molecule has 5 aromatic rings. The smallest absolute Gasteiger partial charge is 0.259 e. The molecule has 1 N–H and O–H groups in total. The number of imide groups is 1. The van der Waals surface area contributed by atoms with Gasteiger partial charge in [0.15, 0.2) is 0 Å². The van der Waals surface area contributed by atoms with Gasteiger partial charge in [-0.25, -0.2) is 0 Å². The third-order valence-corrected chi connectivity index (χ3v) is 7.94. The Morgan fingerprint density at radius 2 is 1.46 bits per heavy atom. The number of benzene rings is 2. The first-order valence-corrected chi connectivity index (χ1v) is 13.3. The van der Waals surface area contributed by atoms with Crippen LogP contribution in [-0.4, -0.2) is 43.9 Å². The number of rotatable bonds is 5. The van der Waals surface area contributed by atoms with E-state index in [0.717, 1.165) is 60.0 Å². The van der Waals surface area contributed by atoms with Crippen molar-refractivity contribution in [2.45, 2.75) is 25.4 Å². The highest BCUT2D eigenvalue weighted by Crippen LogP contribution is 2.40. The van der Waals surface area contributed by atoms with Crippen molar-refractivity contribution in [3.63, 3.8) is 0 Å². The number of piperidine rings is 1. The molecule has 2 amide bonds. The molecule has 0 bridgehead atoms. The lowest BCUT2D eigenvalue weighted by molar-refractivity contribution is -0.122. The molecule has 0 radical (unpaired) electrons. The molecule has 7 rings (SSSR count). The fourth-order valence-electron chi connectivity index (χ4n) is 6.06. The van der Waals surface area contributed by atoms with Gasteiger partial charge in [-0.3, -0.25) is 24.8 Å². The lowest BCUT2D eigenvalue weighted by Gasteiger charge is -2.33. The van der Waals surface area contributed by atoms with Gasteiger partial charge in [0.2, 0.25) is 0 Å². The maximum Gasteiger partial charge on any atom is 0.259 e. The second-order valence-electron chi connectivity index (χ2n) is 10.3. The number of hydrogen-bond donors (Lipinski definition) is 1. The maximum absolute atomic E-state index is 13.5. The quantitative estimate of drug-likeness (QED) is 0.336. The summed E-state index contributed by atoms with van der Waals surface area (Å²) in [5, 5.41) is 3.97. The summed E-state index contributed by atoms with van der Waals surface area (Å²) in [5.74, 6) is -1.06. The predicted molar refractivity (Wildman–Crippen MR) is 153 cm³/mol. The SMILES string of the molecule is [2H]c1c(C2=C(c3c([2H])n(C4CCN(Cc5ccccn5)CC4)c4ccccc34)C(=O)NC2=O)c2ccccc2n1C. The van der Waals surface area contributed by atoms with E-state index in [-0.39, 0.29) is 29.5 Å². The number of aromatic nitrogens is 3. The zero-order valence-corrected chi connectivity index (χ0v) is 21.6. The maximum atomic E-state index is 13.5. The minimum Gasteiger partial charge on any atom is -0.350 e. The zero-order chi connectivity index (χ0) is 28.2. The van der Waals surface area contributed by atoms with E-state index in [4.69, 9.17) is 1.37 Å². The van der Waals surface area contributed by atoms with E-state index in [1.54, 1.807) is 11.6 Å². The second-order valence-corrected chi connectivity index (χ2v) is 10.3. The number of amides is 2. The van der Waals surface area contributed by atoms with Crippen molar-refractivity contribution in [1.29, 1.82) is 0 Å². The summed E-state index contributed by atoms with van der Waals surface area (Å²) < 4.78 is 22.0. The van der Waals surface area contributed by atoms with E-state index < -0.39 is 11.8 Å². The second kappa shape index (κ2) is 9.36. The summed E-state index contributed by atoms with van der Waals surface area (Å²) in [6.07, 6.45) is 3.90. The molecule has 2 aliphatic rings. The largest absolute Gasteiger partial charge is 0.350 e. The van der Waals surface area contributed by atoms with Crippen LogP contribution in [0, 0.1) is 0 Å². The van der Waals surface area contributed by atoms with Crippen molar-refractivity contribution in [1.82, 2.24) is 24.3 Å². The van der Waals surface area contributed by atoms with Crippen LogP contribution in [-0.2, 0) is 23.2 Å². The molecule has 2 aliphatic heterocycles. The molecule has 7 nitrogen and oxygen atoms in total. The third-order valence-electron chi connectivity index (χ3n) is 7.94. The van der Waals surface area contributed by atoms with E-state index in [1.165, 1.54) is 0 Å². The fraction of sp³-hybridized carbons (Fsp3) is 0.219. The molecule has 0 atom stereocenters. The highest BCUT2D eigenvalue weighted by molar-refractivity contribution is 6.50. The molecule has 2 aromatic carbocycles. The molecular formula is C32H29N5O2. The molecule has 1 saturated heterocycles. The molecule has 0 aliphatic carbocycles. The molecule has 194 valence electrons. The van der Waals surface area contributed by atoms with Crippen LogP contribution in [0.15, 0.2) is 85.3 Å². The number of carbonyl (C=O) groups is 2. The van der Waals surface area contributed by atoms with Crippen LogP contribution >= 0.6 is 0 Å². The first-order chi connectivity index (χ1) is 19.9. The van der Waals surface area contributed by atoms with Crippen molar-refractivity contribution in [2.24, 2.45) is 7.05 Å². The van der Waals surface area contributed by atoms with E-state index in [9.17, 15) is 11.0 Å². The van der Waals surface area contributed by atoms with Gasteiger partial charge in [0, 0.05) is 84.2 Å². The summed E-state index contributed by atoms with van der Waals surface area (Å²) in [6, 6.07) is 21.3. The standard InChI is InChI=1S/C32H29N5O2/c1-35-19-25(23-9-2-4-11-27(23)35)29-30(32(39)34-31(29)38)26-20-37(28-12-5-3-10-24(26)28)22-13-16-36(17-14-22)18-21-8-6-7-15-33-21/h2-12,15,19-20,22H,13-14,16-18H2,1H3,(H,34,38,39)/i19D,20D. The average Bonchev–Trinajstić information content (AvgIpc) is 3.54. The van der Waals surface area contributed by atoms with Gasteiger partial charge in [-0.2, -0.15) is 0 Å². The number of nitrogens with one attached hydrogen (secondary N) is 1. The molecule has 1 fully saturated rings. The molecule has 5 heterocycles. The lowest BCUT2D eigenvalue weighted by atomic mass is 9.95. The van der Waals surface area contributed by atoms with Crippen LogP contribution in [0.3, 0.4) is 0 Å². The Kier molecular flexibility index (Phi) is 5.15. The van der Waals surface area contributed by atoms with Gasteiger partial charge >= 0.3 is 0 Å². The average molecular weight is 518 g/mol. The summed E-state index contributed by atoms with van der Waals surface area (Å²) >= 11 is 0. The van der Waals surface area contributed by atoms with Crippen LogP contribution in [0.2, 0.25) is 0 Å². The van der Waals surface area contributed by atoms with Gasteiger partial charge in [-0.05, 0) is 37.1 Å². The minimum atomic E-state index is -0.533. The summed E-state index contributed by atoms with van der Waals surface area (Å²) in [5.41, 5.74) is 3.92. The summed E-state index contributed by atoms with van der Waals surface area (Å²) in [4.78, 5) is 33.7. The predicted octanol–water partition coefficient (Wildman–Crippen LogP) is 4.93. The van der Waals surface area contributed by atoms with Gasteiger partial charge in [-0.15, -0.1) is 0 Å². The van der Waals surface area contributed by atoms with Crippen LogP contribution < -0.4 is 5.32 Å². The highest BCUT2D eigenvalue weighted by Gasteiger charge is 2.36. The summed E-state index contributed by atoms with van der Waals surface area (Å²) in [6.45, 7) is 2.53. The van der Waals surface area contributed by atoms with Crippen molar-refractivity contribution < 1.29 is 12.3 Å². The number of hydrogen-bond acceptors (Lipinski definition) is 4. The Morgan fingerprint density at radius 3 is 2.15 bits per heavy atom. The van der Waals surface area contributed by atoms with Gasteiger partial charge in [0.05, 0.1) is 19.6 Å². The van der Waals surface area contributed by atoms with E-state index in [1.807, 2.05) is 77.5 Å². The Labute approximate surface area is 229 Å². The van der Waals surface area contributed by atoms with Crippen LogP contribution in [0.25, 0.3) is 33.0 Å². The van der Waals surface area contributed by atoms with Gasteiger partial charge in [0.1, 0.15) is 0 Å². The van der Waals surface area contributed by atoms with Crippen LogP contribution in [0.1, 0.15) is 38.4 Å². The number of nitrogens with zero attached hydrogens (tertiary/aromatic N) is 4. The Bertz CT molecular complexity index is 1880. The molecule has 7 heteroatoms. The number of carbonyl (C=O) groups excluding carboxylic acids is 2. The summed E-state index contributed by atoms with van der Waals surface area (Å²) in [7, 11) is 1.78. The zero-order valence-electron chi connectivity index (χ0n) is 23.6. The first-order valence-electron chi connectivity index (χ1n) is 14.3. The minimum absolute atomic E-state index is 0.0784. The van der Waals surface area contributed by atoms with Crippen LogP contribution in [0.4, 0.5) is 0 Å². The molecule has 3 aromatic heterocycles. The van der Waals surface area contributed by atoms with Gasteiger partial charge in [0.25, 0.3) is 11.8 Å². The number of fused-ring (bicyclic) bond motifs is 2. The molecule has 0 unspecified atom stereocenters. The van der Waals surface area contributed by atoms with E-state index in [0.29, 0.717) is 11.1 Å². The van der Waals surface area contributed by atoms with Crippen molar-refractivity contribution in [3.8, 4) is 0 Å². The molecule has 39 heavy (non-hydrogen) atoms. The molecule has 0 spiro atoms. The monoisotopic (exact) mass is 517 g/mol. The van der Waals surface area contributed by atoms with Gasteiger partial charge in [-0.1, -0.05) is 42.5 Å². The van der Waals surface area contributed by atoms with Crippen LogP contribution in [0.5, 0.6) is 0 Å². The number of aryl methyl sites for hydroxylation is 1. The van der Waals surface area contributed by atoms with E-state index in [2.05, 4.69) is 15.2 Å². The first kappa shape index (κ1) is 21.4. The normalized spacial score (nSPS) is 17.8. The van der Waals surface area contributed by atoms with Gasteiger partial charge < -0.3 is 9.13 Å². The Morgan fingerprint density at radius 1 is 0.846 bits per heavy atom. The third kappa shape index (κ3) is 3.97. The highest BCUT2D eigenvalue weighted by atomic mass is 16.2. The topological polar surface area (TPSA) is 72.2 Å². The Balaban J connectivity index is 1.34. The lowest BCUT2D eigenvalue weighted by Crippen LogP contribution is -2.34. The fourth-order valence-corrected chi connectivity index (χ4v) is 6.06. The van der Waals surface area contributed by atoms with Crippen molar-refractivity contribution >= 4 is 44.8 Å². The molecular weight excluding hydrogens is 486 g/mol.